The van der Waals surface area contributed by atoms with Crippen molar-refractivity contribution in [1.82, 2.24) is 5.32 Å². The van der Waals surface area contributed by atoms with Crippen LogP contribution in [0.4, 0.5) is 5.69 Å². The summed E-state index contributed by atoms with van der Waals surface area (Å²) in [5.41, 5.74) is 0.928. The summed E-state index contributed by atoms with van der Waals surface area (Å²) in [6, 6.07) is 7.59. The molecule has 0 amide bonds. The zero-order valence-corrected chi connectivity index (χ0v) is 15.2. The van der Waals surface area contributed by atoms with Gasteiger partial charge in [-0.2, -0.15) is 0 Å². The number of unbranched alkanes of at least 4 members (excludes halogenated alkanes) is 8. The minimum Gasteiger partial charge on any atom is -0.362 e. The van der Waals surface area contributed by atoms with Crippen molar-refractivity contribution < 1.29 is 0 Å². The van der Waals surface area contributed by atoms with E-state index in [1.165, 1.54) is 57.8 Å². The average molecular weight is 341 g/mol. The Labute approximate surface area is 146 Å². The molecule has 0 aliphatic heterocycles. The van der Waals surface area contributed by atoms with Gasteiger partial charge in [0.25, 0.3) is 0 Å². The summed E-state index contributed by atoms with van der Waals surface area (Å²) in [7, 11) is 0. The topological polar surface area (TPSA) is 24.1 Å². The van der Waals surface area contributed by atoms with Gasteiger partial charge in [-0.25, -0.2) is 0 Å². The van der Waals surface area contributed by atoms with Crippen molar-refractivity contribution >= 4 is 34.6 Å². The highest BCUT2D eigenvalue weighted by molar-refractivity contribution is 7.80. The number of hydrogen-bond donors (Lipinski definition) is 2. The molecule has 0 bridgehead atoms. The van der Waals surface area contributed by atoms with Crippen LogP contribution in [0.25, 0.3) is 0 Å². The predicted octanol–water partition coefficient (Wildman–Crippen LogP) is 6.16. The summed E-state index contributed by atoms with van der Waals surface area (Å²) < 4.78 is 0. The quantitative estimate of drug-likeness (QED) is 0.372. The lowest BCUT2D eigenvalue weighted by molar-refractivity contribution is 0.563. The molecule has 0 aromatic heterocycles. The van der Waals surface area contributed by atoms with Gasteiger partial charge in [-0.05, 0) is 36.8 Å². The fourth-order valence-corrected chi connectivity index (χ4v) is 2.79. The molecule has 2 N–H and O–H groups in total. The van der Waals surface area contributed by atoms with Gasteiger partial charge in [0, 0.05) is 17.3 Å². The van der Waals surface area contributed by atoms with E-state index in [4.69, 9.17) is 23.8 Å². The number of thiocarbonyl (C=S) groups is 1. The molecule has 1 aromatic carbocycles. The van der Waals surface area contributed by atoms with Crippen LogP contribution in [0, 0.1) is 0 Å². The molecule has 22 heavy (non-hydrogen) atoms. The minimum absolute atomic E-state index is 0.668. The Morgan fingerprint density at radius 2 is 1.64 bits per heavy atom. The van der Waals surface area contributed by atoms with Gasteiger partial charge in [-0.1, -0.05) is 76.0 Å². The highest BCUT2D eigenvalue weighted by Gasteiger charge is 1.98. The Morgan fingerprint density at radius 1 is 1.00 bits per heavy atom. The van der Waals surface area contributed by atoms with Gasteiger partial charge in [0.1, 0.15) is 0 Å². The molecule has 0 saturated heterocycles. The smallest absolute Gasteiger partial charge is 0.170 e. The molecular formula is C18H29ClN2S. The zero-order chi connectivity index (χ0) is 16.0. The molecule has 2 nitrogen and oxygen atoms in total. The second kappa shape index (κ2) is 12.7. The first-order valence-electron chi connectivity index (χ1n) is 8.53. The summed E-state index contributed by atoms with van der Waals surface area (Å²) in [6.45, 7) is 3.20. The average Bonchev–Trinajstić information content (AvgIpc) is 2.49. The van der Waals surface area contributed by atoms with Crippen molar-refractivity contribution in [2.45, 2.75) is 64.7 Å². The van der Waals surface area contributed by atoms with E-state index < -0.39 is 0 Å². The molecule has 0 spiro atoms. The van der Waals surface area contributed by atoms with E-state index in [-0.39, 0.29) is 0 Å². The molecule has 0 unspecified atom stereocenters. The SMILES string of the molecule is CCCCCCCCCCCNC(=S)Nc1cccc(Cl)c1. The van der Waals surface area contributed by atoms with E-state index in [0.717, 1.165) is 12.2 Å². The molecule has 1 aromatic rings. The molecule has 0 radical (unpaired) electrons. The third-order valence-corrected chi connectivity index (χ3v) is 4.13. The standard InChI is InChI=1S/C18H29ClN2S/c1-2-3-4-5-6-7-8-9-10-14-20-18(22)21-17-13-11-12-16(19)15-17/h11-13,15H,2-10,14H2,1H3,(H2,20,21,22). The molecule has 4 heteroatoms. The third-order valence-electron chi connectivity index (χ3n) is 3.65. The number of halogens is 1. The van der Waals surface area contributed by atoms with E-state index in [2.05, 4.69) is 17.6 Å². The first-order valence-corrected chi connectivity index (χ1v) is 9.31. The fraction of sp³-hybridized carbons (Fsp3) is 0.611. The van der Waals surface area contributed by atoms with Crippen LogP contribution in [-0.4, -0.2) is 11.7 Å². The Hall–Kier alpha value is -0.800. The van der Waals surface area contributed by atoms with Crippen molar-refractivity contribution in [1.29, 1.82) is 0 Å². The maximum absolute atomic E-state index is 5.94. The van der Waals surface area contributed by atoms with Crippen LogP contribution in [0.3, 0.4) is 0 Å². The second-order valence-corrected chi connectivity index (χ2v) is 6.56. The highest BCUT2D eigenvalue weighted by atomic mass is 35.5. The maximum atomic E-state index is 5.94. The molecule has 0 aliphatic rings. The first-order chi connectivity index (χ1) is 10.7. The zero-order valence-electron chi connectivity index (χ0n) is 13.7. The van der Waals surface area contributed by atoms with Crippen LogP contribution in [0.2, 0.25) is 5.02 Å². The van der Waals surface area contributed by atoms with Crippen molar-refractivity contribution in [3.8, 4) is 0 Å². The number of nitrogens with one attached hydrogen (secondary N) is 2. The van der Waals surface area contributed by atoms with Crippen LogP contribution >= 0.6 is 23.8 Å². The summed E-state index contributed by atoms with van der Waals surface area (Å²) in [5.74, 6) is 0. The second-order valence-electron chi connectivity index (χ2n) is 5.72. The van der Waals surface area contributed by atoms with Crippen LogP contribution in [-0.2, 0) is 0 Å². The van der Waals surface area contributed by atoms with E-state index in [1.807, 2.05) is 24.3 Å². The van der Waals surface area contributed by atoms with E-state index in [1.54, 1.807) is 0 Å². The molecular weight excluding hydrogens is 312 g/mol. The Bertz CT molecular complexity index is 423. The van der Waals surface area contributed by atoms with E-state index in [0.29, 0.717) is 10.1 Å². The summed E-state index contributed by atoms with van der Waals surface area (Å²) in [4.78, 5) is 0. The largest absolute Gasteiger partial charge is 0.362 e. The van der Waals surface area contributed by atoms with Gasteiger partial charge in [0.2, 0.25) is 0 Å². The number of rotatable bonds is 11. The van der Waals surface area contributed by atoms with Gasteiger partial charge in [0.15, 0.2) is 5.11 Å². The highest BCUT2D eigenvalue weighted by Crippen LogP contribution is 2.14. The van der Waals surface area contributed by atoms with Crippen molar-refractivity contribution in [2.24, 2.45) is 0 Å². The summed E-state index contributed by atoms with van der Waals surface area (Å²) in [6.07, 6.45) is 12.1. The van der Waals surface area contributed by atoms with Gasteiger partial charge in [-0.3, -0.25) is 0 Å². The monoisotopic (exact) mass is 340 g/mol. The Morgan fingerprint density at radius 3 is 2.27 bits per heavy atom. The van der Waals surface area contributed by atoms with E-state index >= 15 is 0 Å². The fourth-order valence-electron chi connectivity index (χ4n) is 2.38. The number of benzene rings is 1. The first kappa shape index (κ1) is 19.2. The lowest BCUT2D eigenvalue weighted by atomic mass is 10.1. The van der Waals surface area contributed by atoms with Crippen LogP contribution < -0.4 is 10.6 Å². The predicted molar refractivity (Wildman–Crippen MR) is 103 cm³/mol. The lowest BCUT2D eigenvalue weighted by Crippen LogP contribution is -2.29. The summed E-state index contributed by atoms with van der Waals surface area (Å²) >= 11 is 11.2. The maximum Gasteiger partial charge on any atom is 0.170 e. The molecule has 0 saturated carbocycles. The van der Waals surface area contributed by atoms with Gasteiger partial charge < -0.3 is 10.6 Å². The van der Waals surface area contributed by atoms with E-state index in [9.17, 15) is 0 Å². The van der Waals surface area contributed by atoms with Crippen LogP contribution in [0.1, 0.15) is 64.7 Å². The molecule has 124 valence electrons. The lowest BCUT2D eigenvalue weighted by Gasteiger charge is -2.10. The molecule has 0 heterocycles. The third kappa shape index (κ3) is 10.0. The number of hydrogen-bond acceptors (Lipinski definition) is 1. The molecule has 1 rings (SSSR count). The van der Waals surface area contributed by atoms with Crippen molar-refractivity contribution in [3.63, 3.8) is 0 Å². The van der Waals surface area contributed by atoms with Crippen molar-refractivity contribution in [3.05, 3.63) is 29.3 Å². The van der Waals surface area contributed by atoms with Crippen LogP contribution in [0.5, 0.6) is 0 Å². The normalized spacial score (nSPS) is 10.5. The molecule has 0 aliphatic carbocycles. The number of anilines is 1. The molecule has 0 atom stereocenters. The Kier molecular flexibility index (Phi) is 11.1. The Balaban J connectivity index is 1.95. The van der Waals surface area contributed by atoms with Crippen molar-refractivity contribution in [2.75, 3.05) is 11.9 Å². The van der Waals surface area contributed by atoms with Gasteiger partial charge in [-0.15, -0.1) is 0 Å². The van der Waals surface area contributed by atoms with Gasteiger partial charge in [0.05, 0.1) is 0 Å². The van der Waals surface area contributed by atoms with Crippen LogP contribution in [0.15, 0.2) is 24.3 Å². The summed E-state index contributed by atoms with van der Waals surface area (Å²) in [5, 5.41) is 7.78. The minimum atomic E-state index is 0.668. The molecule has 0 fully saturated rings. The van der Waals surface area contributed by atoms with Gasteiger partial charge >= 0.3 is 0 Å².